The fourth-order valence-electron chi connectivity index (χ4n) is 2.21. The Kier molecular flexibility index (Phi) is 4.27. The van der Waals surface area contributed by atoms with Gasteiger partial charge in [-0.05, 0) is 30.1 Å². The minimum Gasteiger partial charge on any atom is -0.362 e. The van der Waals surface area contributed by atoms with Gasteiger partial charge in [-0.1, -0.05) is 45.7 Å². The predicted octanol–water partition coefficient (Wildman–Crippen LogP) is 4.05. The van der Waals surface area contributed by atoms with Crippen LogP contribution in [0.5, 0.6) is 0 Å². The molecule has 3 atom stereocenters. The minimum absolute atomic E-state index is 0.0583. The molecule has 0 N–H and O–H groups in total. The summed E-state index contributed by atoms with van der Waals surface area (Å²) in [5.41, 5.74) is 0.300. The van der Waals surface area contributed by atoms with E-state index in [1.807, 2.05) is 0 Å². The third-order valence-electron chi connectivity index (χ3n) is 2.95. The molecule has 0 bridgehead atoms. The van der Waals surface area contributed by atoms with Crippen molar-refractivity contribution in [2.24, 2.45) is 17.3 Å². The molecule has 0 aromatic carbocycles. The van der Waals surface area contributed by atoms with Crippen LogP contribution in [0.4, 0.5) is 0 Å². The first kappa shape index (κ1) is 12.3. The fraction of sp³-hybridized carbons (Fsp3) is 1.00. The highest BCUT2D eigenvalue weighted by Gasteiger charge is 2.31. The van der Waals surface area contributed by atoms with Gasteiger partial charge in [-0.2, -0.15) is 0 Å². The predicted molar refractivity (Wildman–Crippen MR) is 61.6 cm³/mol. The Morgan fingerprint density at radius 1 is 1.36 bits per heavy atom. The third kappa shape index (κ3) is 3.78. The Hall–Kier alpha value is 0.250. The average molecular weight is 219 g/mol. The van der Waals surface area contributed by atoms with Gasteiger partial charge in [-0.3, -0.25) is 0 Å². The van der Waals surface area contributed by atoms with Gasteiger partial charge in [0.15, 0.2) is 0 Å². The maximum atomic E-state index is 6.19. The van der Waals surface area contributed by atoms with Crippen molar-refractivity contribution in [2.45, 2.75) is 52.5 Å². The van der Waals surface area contributed by atoms with Crippen molar-refractivity contribution >= 4 is 11.6 Å². The van der Waals surface area contributed by atoms with E-state index in [1.54, 1.807) is 0 Å². The van der Waals surface area contributed by atoms with E-state index in [1.165, 1.54) is 12.8 Å². The Balaban J connectivity index is 2.48. The first-order valence-electron chi connectivity index (χ1n) is 5.68. The molecule has 0 saturated carbocycles. The summed E-state index contributed by atoms with van der Waals surface area (Å²) in [6.45, 7) is 9.90. The fourth-order valence-corrected chi connectivity index (χ4v) is 2.48. The lowest BCUT2D eigenvalue weighted by Gasteiger charge is -2.36. The van der Waals surface area contributed by atoms with Crippen LogP contribution in [0.25, 0.3) is 0 Å². The lowest BCUT2D eigenvalue weighted by atomic mass is 9.79. The number of hydrogen-bond donors (Lipinski definition) is 0. The molecular weight excluding hydrogens is 196 g/mol. The molecule has 0 aromatic heterocycles. The maximum absolute atomic E-state index is 6.19. The summed E-state index contributed by atoms with van der Waals surface area (Å²) in [6, 6.07) is 0. The van der Waals surface area contributed by atoms with Crippen LogP contribution in [-0.4, -0.2) is 12.2 Å². The van der Waals surface area contributed by atoms with E-state index >= 15 is 0 Å². The van der Waals surface area contributed by atoms with Crippen LogP contribution in [-0.2, 0) is 4.74 Å². The quantitative estimate of drug-likeness (QED) is 0.636. The van der Waals surface area contributed by atoms with Gasteiger partial charge in [0.25, 0.3) is 0 Å². The molecule has 84 valence electrons. The molecule has 1 aliphatic rings. The zero-order valence-corrected chi connectivity index (χ0v) is 10.6. The molecular formula is C12H23ClO. The first-order valence-corrected chi connectivity index (χ1v) is 6.11. The van der Waals surface area contributed by atoms with Gasteiger partial charge in [-0.25, -0.2) is 0 Å². The SMILES string of the molecule is CCC1COC(Cl)C(CC(C)(C)C)C1. The smallest absolute Gasteiger partial charge is 0.134 e. The van der Waals surface area contributed by atoms with Crippen molar-refractivity contribution in [3.05, 3.63) is 0 Å². The summed E-state index contributed by atoms with van der Waals surface area (Å²) in [4.78, 5) is 0. The van der Waals surface area contributed by atoms with Gasteiger partial charge in [0.1, 0.15) is 5.56 Å². The number of halogens is 1. The highest BCUT2D eigenvalue weighted by molar-refractivity contribution is 6.19. The van der Waals surface area contributed by atoms with Crippen molar-refractivity contribution < 1.29 is 4.74 Å². The van der Waals surface area contributed by atoms with Crippen LogP contribution in [0.2, 0.25) is 0 Å². The van der Waals surface area contributed by atoms with Gasteiger partial charge in [-0.15, -0.1) is 0 Å². The molecule has 1 heterocycles. The average Bonchev–Trinajstić information content (AvgIpc) is 2.06. The molecule has 0 aromatic rings. The summed E-state index contributed by atoms with van der Waals surface area (Å²) in [5, 5.41) is 0. The Labute approximate surface area is 93.2 Å². The molecule has 14 heavy (non-hydrogen) atoms. The van der Waals surface area contributed by atoms with Gasteiger partial charge < -0.3 is 4.74 Å². The van der Waals surface area contributed by atoms with E-state index in [-0.39, 0.29) is 5.56 Å². The standard InChI is InChI=1S/C12H23ClO/c1-5-9-6-10(7-12(2,3)4)11(13)14-8-9/h9-11H,5-8H2,1-4H3. The normalized spacial score (nSPS) is 34.5. The molecule has 0 spiro atoms. The summed E-state index contributed by atoms with van der Waals surface area (Å²) >= 11 is 6.19. The van der Waals surface area contributed by atoms with Crippen LogP contribution >= 0.6 is 11.6 Å². The van der Waals surface area contributed by atoms with Gasteiger partial charge in [0, 0.05) is 0 Å². The van der Waals surface area contributed by atoms with E-state index in [0.29, 0.717) is 11.3 Å². The molecule has 0 aliphatic carbocycles. The number of ether oxygens (including phenoxy) is 1. The van der Waals surface area contributed by atoms with E-state index in [4.69, 9.17) is 16.3 Å². The summed E-state index contributed by atoms with van der Waals surface area (Å²) in [7, 11) is 0. The van der Waals surface area contributed by atoms with E-state index < -0.39 is 0 Å². The molecule has 0 amide bonds. The van der Waals surface area contributed by atoms with E-state index in [2.05, 4.69) is 27.7 Å². The van der Waals surface area contributed by atoms with Gasteiger partial charge in [0.2, 0.25) is 0 Å². The van der Waals surface area contributed by atoms with Crippen LogP contribution in [0.3, 0.4) is 0 Å². The molecule has 1 aliphatic heterocycles. The Morgan fingerprint density at radius 2 is 2.00 bits per heavy atom. The molecule has 1 fully saturated rings. The largest absolute Gasteiger partial charge is 0.362 e. The van der Waals surface area contributed by atoms with Crippen molar-refractivity contribution in [1.29, 1.82) is 0 Å². The lowest BCUT2D eigenvalue weighted by Crippen LogP contribution is -2.33. The minimum atomic E-state index is -0.0583. The Morgan fingerprint density at radius 3 is 2.50 bits per heavy atom. The van der Waals surface area contributed by atoms with Crippen LogP contribution in [0.15, 0.2) is 0 Å². The monoisotopic (exact) mass is 218 g/mol. The first-order chi connectivity index (χ1) is 6.42. The van der Waals surface area contributed by atoms with Crippen molar-refractivity contribution in [3.8, 4) is 0 Å². The second kappa shape index (κ2) is 4.85. The second-order valence-electron chi connectivity index (χ2n) is 5.72. The van der Waals surface area contributed by atoms with Crippen molar-refractivity contribution in [3.63, 3.8) is 0 Å². The summed E-state index contributed by atoms with van der Waals surface area (Å²) in [6.07, 6.45) is 3.61. The third-order valence-corrected chi connectivity index (χ3v) is 3.43. The van der Waals surface area contributed by atoms with Crippen LogP contribution in [0.1, 0.15) is 47.0 Å². The number of hydrogen-bond acceptors (Lipinski definition) is 1. The zero-order valence-electron chi connectivity index (χ0n) is 9.85. The highest BCUT2D eigenvalue weighted by Crippen LogP contribution is 2.37. The molecule has 1 saturated heterocycles. The van der Waals surface area contributed by atoms with E-state index in [0.717, 1.165) is 18.9 Å². The topological polar surface area (TPSA) is 9.23 Å². The van der Waals surface area contributed by atoms with Gasteiger partial charge in [0.05, 0.1) is 6.61 Å². The lowest BCUT2D eigenvalue weighted by molar-refractivity contribution is -0.0242. The summed E-state index contributed by atoms with van der Waals surface area (Å²) < 4.78 is 5.61. The van der Waals surface area contributed by atoms with Crippen LogP contribution in [0, 0.1) is 17.3 Å². The molecule has 3 unspecified atom stereocenters. The Bertz CT molecular complexity index is 174. The number of alkyl halides is 1. The zero-order chi connectivity index (χ0) is 10.8. The highest BCUT2D eigenvalue weighted by atomic mass is 35.5. The van der Waals surface area contributed by atoms with E-state index in [9.17, 15) is 0 Å². The second-order valence-corrected chi connectivity index (χ2v) is 6.15. The summed E-state index contributed by atoms with van der Waals surface area (Å²) in [5.74, 6) is 1.26. The van der Waals surface area contributed by atoms with Crippen molar-refractivity contribution in [1.82, 2.24) is 0 Å². The molecule has 1 nitrogen and oxygen atoms in total. The van der Waals surface area contributed by atoms with Crippen molar-refractivity contribution in [2.75, 3.05) is 6.61 Å². The van der Waals surface area contributed by atoms with Crippen LogP contribution < -0.4 is 0 Å². The maximum Gasteiger partial charge on any atom is 0.134 e. The molecule has 1 rings (SSSR count). The molecule has 0 radical (unpaired) electrons. The number of rotatable bonds is 2. The van der Waals surface area contributed by atoms with Gasteiger partial charge >= 0.3 is 0 Å². The molecule has 2 heteroatoms.